The molecule has 0 saturated carbocycles. The second-order valence-corrected chi connectivity index (χ2v) is 7.94. The number of carbonyl (C=O) groups excluding carboxylic acids is 2. The molecule has 0 bridgehead atoms. The predicted octanol–water partition coefficient (Wildman–Crippen LogP) is 4.64. The van der Waals surface area contributed by atoms with E-state index >= 15 is 0 Å². The zero-order valence-electron chi connectivity index (χ0n) is 17.3. The van der Waals surface area contributed by atoms with E-state index in [9.17, 15) is 14.0 Å². The predicted molar refractivity (Wildman–Crippen MR) is 121 cm³/mol. The third kappa shape index (κ3) is 4.03. The summed E-state index contributed by atoms with van der Waals surface area (Å²) in [6.45, 7) is 0.890. The van der Waals surface area contributed by atoms with Gasteiger partial charge >= 0.3 is 0 Å². The molecule has 166 valence electrons. The highest BCUT2D eigenvalue weighted by molar-refractivity contribution is 6.36. The molecule has 3 aromatic carbocycles. The summed E-state index contributed by atoms with van der Waals surface area (Å²) in [5.74, 6) is -0.292. The number of nitrogens with one attached hydrogen (secondary N) is 1. The van der Waals surface area contributed by atoms with Crippen LogP contribution in [0.25, 0.3) is 5.57 Å². The van der Waals surface area contributed by atoms with Crippen molar-refractivity contribution >= 4 is 34.7 Å². The monoisotopic (exact) mass is 464 g/mol. The molecule has 2 heterocycles. The Morgan fingerprint density at radius 1 is 0.909 bits per heavy atom. The van der Waals surface area contributed by atoms with Crippen molar-refractivity contribution in [2.75, 3.05) is 18.5 Å². The van der Waals surface area contributed by atoms with Gasteiger partial charge in [-0.25, -0.2) is 4.39 Å². The molecule has 0 aliphatic carbocycles. The molecule has 0 atom stereocenters. The molecule has 0 unspecified atom stereocenters. The summed E-state index contributed by atoms with van der Waals surface area (Å²) in [5, 5.41) is 3.52. The lowest BCUT2D eigenvalue weighted by atomic mass is 10.0. The van der Waals surface area contributed by atoms with Crippen molar-refractivity contribution < 1.29 is 23.5 Å². The minimum atomic E-state index is -0.505. The Labute approximate surface area is 194 Å². The number of amides is 2. The Bertz CT molecular complexity index is 1290. The van der Waals surface area contributed by atoms with Crippen LogP contribution in [0.15, 0.2) is 72.4 Å². The highest BCUT2D eigenvalue weighted by atomic mass is 35.5. The Hall–Kier alpha value is -3.84. The lowest BCUT2D eigenvalue weighted by Gasteiger charge is -2.19. The van der Waals surface area contributed by atoms with Crippen molar-refractivity contribution in [2.45, 2.75) is 6.54 Å². The maximum atomic E-state index is 13.5. The first-order valence-electron chi connectivity index (χ1n) is 10.3. The van der Waals surface area contributed by atoms with Crippen molar-refractivity contribution in [3.8, 4) is 11.5 Å². The number of nitrogens with zero attached hydrogens (tertiary/aromatic N) is 1. The quantitative estimate of drug-likeness (QED) is 0.557. The van der Waals surface area contributed by atoms with Crippen LogP contribution >= 0.6 is 11.6 Å². The van der Waals surface area contributed by atoms with Crippen molar-refractivity contribution in [3.05, 3.63) is 94.4 Å². The summed E-state index contributed by atoms with van der Waals surface area (Å²) < 4.78 is 24.7. The third-order valence-electron chi connectivity index (χ3n) is 5.40. The average Bonchev–Trinajstić information content (AvgIpc) is 3.05. The van der Waals surface area contributed by atoms with Gasteiger partial charge in [0.2, 0.25) is 0 Å². The largest absolute Gasteiger partial charge is 0.486 e. The van der Waals surface area contributed by atoms with Gasteiger partial charge in [0, 0.05) is 16.8 Å². The number of halogens is 2. The average molecular weight is 465 g/mol. The summed E-state index contributed by atoms with van der Waals surface area (Å²) in [6, 6.07) is 17.6. The van der Waals surface area contributed by atoms with Gasteiger partial charge in [0.05, 0.1) is 12.1 Å². The molecule has 6 nitrogen and oxygen atoms in total. The molecule has 0 spiro atoms. The fourth-order valence-electron chi connectivity index (χ4n) is 3.78. The van der Waals surface area contributed by atoms with E-state index in [2.05, 4.69) is 5.32 Å². The molecule has 8 heteroatoms. The van der Waals surface area contributed by atoms with Gasteiger partial charge < -0.3 is 14.8 Å². The van der Waals surface area contributed by atoms with Crippen LogP contribution in [0.3, 0.4) is 0 Å². The molecule has 3 aromatic rings. The van der Waals surface area contributed by atoms with Gasteiger partial charge in [0.15, 0.2) is 11.5 Å². The minimum absolute atomic E-state index is 0.00829. The number of carbonyl (C=O) groups is 2. The molecular formula is C25H18ClFN2O4. The number of fused-ring (bicyclic) bond motifs is 1. The molecule has 0 saturated heterocycles. The summed E-state index contributed by atoms with van der Waals surface area (Å²) in [6.07, 6.45) is 0. The highest BCUT2D eigenvalue weighted by Crippen LogP contribution is 2.36. The van der Waals surface area contributed by atoms with E-state index in [4.69, 9.17) is 21.1 Å². The summed E-state index contributed by atoms with van der Waals surface area (Å²) in [4.78, 5) is 27.9. The van der Waals surface area contributed by atoms with E-state index in [1.165, 1.54) is 24.3 Å². The van der Waals surface area contributed by atoms with Crippen molar-refractivity contribution in [1.82, 2.24) is 4.90 Å². The van der Waals surface area contributed by atoms with E-state index in [0.29, 0.717) is 46.5 Å². The first kappa shape index (κ1) is 21.0. The van der Waals surface area contributed by atoms with Crippen LogP contribution in [-0.4, -0.2) is 29.9 Å². The lowest BCUT2D eigenvalue weighted by molar-refractivity contribution is -0.137. The Morgan fingerprint density at radius 3 is 2.39 bits per heavy atom. The molecule has 0 aromatic heterocycles. The van der Waals surface area contributed by atoms with Gasteiger partial charge in [-0.3, -0.25) is 14.5 Å². The maximum absolute atomic E-state index is 13.5. The number of ether oxygens (including phenoxy) is 2. The van der Waals surface area contributed by atoms with Gasteiger partial charge in [-0.05, 0) is 41.5 Å². The van der Waals surface area contributed by atoms with Crippen molar-refractivity contribution in [3.63, 3.8) is 0 Å². The molecule has 1 N–H and O–H groups in total. The Balaban J connectivity index is 1.53. The number of hydrogen-bond acceptors (Lipinski definition) is 5. The van der Waals surface area contributed by atoms with Gasteiger partial charge in [-0.15, -0.1) is 0 Å². The number of benzene rings is 3. The second-order valence-electron chi connectivity index (χ2n) is 7.53. The van der Waals surface area contributed by atoms with Gasteiger partial charge in [-0.1, -0.05) is 41.9 Å². The van der Waals surface area contributed by atoms with Gasteiger partial charge in [0.25, 0.3) is 11.8 Å². The van der Waals surface area contributed by atoms with E-state index < -0.39 is 17.6 Å². The summed E-state index contributed by atoms with van der Waals surface area (Å²) in [7, 11) is 0. The van der Waals surface area contributed by atoms with Crippen molar-refractivity contribution in [1.29, 1.82) is 0 Å². The molecule has 0 fully saturated rings. The zero-order chi connectivity index (χ0) is 22.9. The van der Waals surface area contributed by atoms with Crippen LogP contribution in [0.5, 0.6) is 11.5 Å². The Kier molecular flexibility index (Phi) is 5.48. The number of imide groups is 1. The van der Waals surface area contributed by atoms with E-state index in [-0.39, 0.29) is 17.8 Å². The zero-order valence-corrected chi connectivity index (χ0v) is 18.1. The van der Waals surface area contributed by atoms with E-state index in [0.717, 1.165) is 4.90 Å². The molecule has 33 heavy (non-hydrogen) atoms. The molecule has 2 aliphatic heterocycles. The van der Waals surface area contributed by atoms with Crippen LogP contribution < -0.4 is 14.8 Å². The summed E-state index contributed by atoms with van der Waals surface area (Å²) in [5.41, 5.74) is 1.86. The maximum Gasteiger partial charge on any atom is 0.278 e. The first-order valence-corrected chi connectivity index (χ1v) is 10.7. The standard InChI is InChI=1S/C25H18ClFN2O4/c26-19-4-2-1-3-16(19)14-29-24(30)22(15-5-7-17(27)8-6-15)23(25(29)31)28-18-9-10-20-21(13-18)33-12-11-32-20/h1-10,13,28H,11-12,14H2. The van der Waals surface area contributed by atoms with Crippen LogP contribution in [0.1, 0.15) is 11.1 Å². The van der Waals surface area contributed by atoms with Crippen LogP contribution in [-0.2, 0) is 16.1 Å². The first-order chi connectivity index (χ1) is 16.0. The Morgan fingerprint density at radius 2 is 1.64 bits per heavy atom. The number of hydrogen-bond donors (Lipinski definition) is 1. The topological polar surface area (TPSA) is 67.9 Å². The SMILES string of the molecule is O=C1C(Nc2ccc3c(c2)OCCO3)=C(c2ccc(F)cc2)C(=O)N1Cc1ccccc1Cl. The fraction of sp³-hybridized carbons (Fsp3) is 0.120. The van der Waals surface area contributed by atoms with E-state index in [1.807, 2.05) is 0 Å². The molecule has 2 amide bonds. The van der Waals surface area contributed by atoms with Crippen LogP contribution in [0.2, 0.25) is 5.02 Å². The minimum Gasteiger partial charge on any atom is -0.486 e. The second kappa shape index (κ2) is 8.60. The molecule has 0 radical (unpaired) electrons. The lowest BCUT2D eigenvalue weighted by Crippen LogP contribution is -2.32. The van der Waals surface area contributed by atoms with Gasteiger partial charge in [0.1, 0.15) is 24.7 Å². The number of rotatable bonds is 5. The smallest absolute Gasteiger partial charge is 0.278 e. The molecule has 5 rings (SSSR count). The van der Waals surface area contributed by atoms with Crippen LogP contribution in [0.4, 0.5) is 10.1 Å². The summed E-state index contributed by atoms with van der Waals surface area (Å²) >= 11 is 6.26. The van der Waals surface area contributed by atoms with Crippen molar-refractivity contribution in [2.24, 2.45) is 0 Å². The van der Waals surface area contributed by atoms with Crippen LogP contribution in [0, 0.1) is 5.82 Å². The fourth-order valence-corrected chi connectivity index (χ4v) is 3.98. The van der Waals surface area contributed by atoms with Gasteiger partial charge in [-0.2, -0.15) is 0 Å². The molecular weight excluding hydrogens is 447 g/mol. The molecule has 2 aliphatic rings. The number of anilines is 1. The van der Waals surface area contributed by atoms with E-state index in [1.54, 1.807) is 42.5 Å². The highest BCUT2D eigenvalue weighted by Gasteiger charge is 2.39. The third-order valence-corrected chi connectivity index (χ3v) is 5.77. The normalized spacial score (nSPS) is 15.3.